The summed E-state index contributed by atoms with van der Waals surface area (Å²) >= 11 is 0. The highest BCUT2D eigenvalue weighted by atomic mass is 16.3. The molecule has 2 N–H and O–H groups in total. The Labute approximate surface area is 80.7 Å². The van der Waals surface area contributed by atoms with Crippen molar-refractivity contribution in [1.82, 2.24) is 5.32 Å². The zero-order chi connectivity index (χ0) is 9.47. The van der Waals surface area contributed by atoms with E-state index >= 15 is 0 Å². The number of fused-ring (bicyclic) bond motifs is 2. The Bertz CT molecular complexity index is 193. The highest BCUT2D eigenvalue weighted by molar-refractivity contribution is 5.06. The van der Waals surface area contributed by atoms with Crippen LogP contribution in [-0.2, 0) is 0 Å². The summed E-state index contributed by atoms with van der Waals surface area (Å²) in [4.78, 5) is 0. The van der Waals surface area contributed by atoms with Crippen molar-refractivity contribution in [2.24, 2.45) is 11.8 Å². The van der Waals surface area contributed by atoms with Crippen molar-refractivity contribution in [3.05, 3.63) is 0 Å². The van der Waals surface area contributed by atoms with Crippen LogP contribution in [0, 0.1) is 11.8 Å². The van der Waals surface area contributed by atoms with Gasteiger partial charge in [0.25, 0.3) is 0 Å². The van der Waals surface area contributed by atoms with Crippen LogP contribution >= 0.6 is 0 Å². The zero-order valence-electron chi connectivity index (χ0n) is 8.71. The van der Waals surface area contributed by atoms with Gasteiger partial charge >= 0.3 is 0 Å². The van der Waals surface area contributed by atoms with E-state index in [1.165, 1.54) is 25.7 Å². The molecule has 2 aliphatic rings. The van der Waals surface area contributed by atoms with Gasteiger partial charge in [0.1, 0.15) is 0 Å². The summed E-state index contributed by atoms with van der Waals surface area (Å²) < 4.78 is 0. The molecule has 2 rings (SSSR count). The molecular formula is C11H21NO. The van der Waals surface area contributed by atoms with Crippen LogP contribution in [0.3, 0.4) is 0 Å². The monoisotopic (exact) mass is 183 g/mol. The largest absolute Gasteiger partial charge is 0.394 e. The lowest BCUT2D eigenvalue weighted by Crippen LogP contribution is -2.55. The molecule has 2 aliphatic carbocycles. The second-order valence-corrected chi connectivity index (χ2v) is 5.19. The Morgan fingerprint density at radius 3 is 2.62 bits per heavy atom. The molecule has 2 fully saturated rings. The molecule has 2 nitrogen and oxygen atoms in total. The summed E-state index contributed by atoms with van der Waals surface area (Å²) in [6.45, 7) is 4.67. The van der Waals surface area contributed by atoms with Gasteiger partial charge in [-0.25, -0.2) is 0 Å². The van der Waals surface area contributed by atoms with E-state index in [1.807, 2.05) is 0 Å². The van der Waals surface area contributed by atoms with Crippen molar-refractivity contribution < 1.29 is 5.11 Å². The number of nitrogens with one attached hydrogen (secondary N) is 1. The van der Waals surface area contributed by atoms with Gasteiger partial charge in [0.2, 0.25) is 0 Å². The van der Waals surface area contributed by atoms with Gasteiger partial charge < -0.3 is 10.4 Å². The molecule has 0 radical (unpaired) electrons. The molecule has 0 aliphatic heterocycles. The van der Waals surface area contributed by atoms with Crippen LogP contribution in [0.15, 0.2) is 0 Å². The molecule has 3 atom stereocenters. The molecule has 0 aromatic carbocycles. The van der Waals surface area contributed by atoms with E-state index in [1.54, 1.807) is 0 Å². The summed E-state index contributed by atoms with van der Waals surface area (Å²) in [6, 6.07) is 0.492. The number of hydrogen-bond donors (Lipinski definition) is 2. The molecule has 2 bridgehead atoms. The number of rotatable bonds is 3. The Morgan fingerprint density at radius 1 is 1.46 bits per heavy atom. The van der Waals surface area contributed by atoms with Crippen LogP contribution < -0.4 is 5.32 Å². The van der Waals surface area contributed by atoms with Gasteiger partial charge in [0, 0.05) is 11.6 Å². The fourth-order valence-corrected chi connectivity index (χ4v) is 3.44. The Balaban J connectivity index is 2.08. The lowest BCUT2D eigenvalue weighted by molar-refractivity contribution is 0.0980. The van der Waals surface area contributed by atoms with Crippen LogP contribution in [0.4, 0.5) is 0 Å². The average Bonchev–Trinajstić information content (AvgIpc) is 2.62. The van der Waals surface area contributed by atoms with Crippen molar-refractivity contribution in [2.45, 2.75) is 51.1 Å². The summed E-state index contributed by atoms with van der Waals surface area (Å²) in [6.07, 6.45) is 5.27. The van der Waals surface area contributed by atoms with E-state index in [9.17, 15) is 5.11 Å². The quantitative estimate of drug-likeness (QED) is 0.695. The molecule has 0 saturated heterocycles. The average molecular weight is 183 g/mol. The van der Waals surface area contributed by atoms with Gasteiger partial charge in [-0.1, -0.05) is 20.3 Å². The van der Waals surface area contributed by atoms with Gasteiger partial charge in [0.15, 0.2) is 0 Å². The van der Waals surface area contributed by atoms with Gasteiger partial charge in [-0.3, -0.25) is 0 Å². The second kappa shape index (κ2) is 3.25. The molecule has 0 amide bonds. The van der Waals surface area contributed by atoms with Crippen molar-refractivity contribution in [2.75, 3.05) is 6.61 Å². The zero-order valence-corrected chi connectivity index (χ0v) is 8.71. The van der Waals surface area contributed by atoms with Crippen LogP contribution in [0.1, 0.15) is 39.5 Å². The SMILES string of the molecule is CC(C)NC1(CO)CC2CCC1C2. The number of hydrogen-bond acceptors (Lipinski definition) is 2. The van der Waals surface area contributed by atoms with Gasteiger partial charge in [-0.2, -0.15) is 0 Å². The molecule has 0 heterocycles. The molecular weight excluding hydrogens is 162 g/mol. The van der Waals surface area contributed by atoms with E-state index in [-0.39, 0.29) is 5.54 Å². The van der Waals surface area contributed by atoms with Gasteiger partial charge in [0.05, 0.1) is 6.61 Å². The van der Waals surface area contributed by atoms with Crippen LogP contribution in [0.25, 0.3) is 0 Å². The molecule has 13 heavy (non-hydrogen) atoms. The number of aliphatic hydroxyl groups is 1. The Kier molecular flexibility index (Phi) is 2.37. The van der Waals surface area contributed by atoms with Gasteiger partial charge in [-0.05, 0) is 31.1 Å². The standard InChI is InChI=1S/C11H21NO/c1-8(2)12-11(7-13)6-9-3-4-10(11)5-9/h8-10,12-13H,3-7H2,1-2H3. The third-order valence-corrected chi connectivity index (χ3v) is 3.83. The third-order valence-electron chi connectivity index (χ3n) is 3.83. The fraction of sp³-hybridized carbons (Fsp3) is 1.00. The lowest BCUT2D eigenvalue weighted by atomic mass is 9.81. The normalized spacial score (nSPS) is 43.4. The van der Waals surface area contributed by atoms with E-state index in [0.717, 1.165) is 11.8 Å². The molecule has 76 valence electrons. The first kappa shape index (κ1) is 9.47. The Hall–Kier alpha value is -0.0800. The molecule has 2 saturated carbocycles. The highest BCUT2D eigenvalue weighted by Gasteiger charge is 2.50. The molecule has 0 aromatic heterocycles. The Morgan fingerprint density at radius 2 is 2.23 bits per heavy atom. The van der Waals surface area contributed by atoms with Crippen molar-refractivity contribution in [3.8, 4) is 0 Å². The molecule has 0 spiro atoms. The summed E-state index contributed by atoms with van der Waals surface area (Å²) in [7, 11) is 0. The van der Waals surface area contributed by atoms with Crippen LogP contribution in [0.2, 0.25) is 0 Å². The smallest absolute Gasteiger partial charge is 0.0616 e. The minimum Gasteiger partial charge on any atom is -0.394 e. The summed E-state index contributed by atoms with van der Waals surface area (Å²) in [5.41, 5.74) is 0.0804. The topological polar surface area (TPSA) is 32.3 Å². The van der Waals surface area contributed by atoms with E-state index < -0.39 is 0 Å². The minimum atomic E-state index is 0.0804. The first-order valence-corrected chi connectivity index (χ1v) is 5.55. The summed E-state index contributed by atoms with van der Waals surface area (Å²) in [5, 5.41) is 13.1. The van der Waals surface area contributed by atoms with Crippen molar-refractivity contribution in [1.29, 1.82) is 0 Å². The van der Waals surface area contributed by atoms with Crippen molar-refractivity contribution >= 4 is 0 Å². The number of aliphatic hydroxyl groups excluding tert-OH is 1. The highest BCUT2D eigenvalue weighted by Crippen LogP contribution is 2.50. The predicted octanol–water partition coefficient (Wildman–Crippen LogP) is 1.54. The van der Waals surface area contributed by atoms with Gasteiger partial charge in [-0.15, -0.1) is 0 Å². The maximum Gasteiger partial charge on any atom is 0.0616 e. The third kappa shape index (κ3) is 1.50. The lowest BCUT2D eigenvalue weighted by Gasteiger charge is -2.38. The maximum atomic E-state index is 9.52. The van der Waals surface area contributed by atoms with Crippen LogP contribution in [-0.4, -0.2) is 23.3 Å². The predicted molar refractivity (Wildman–Crippen MR) is 53.5 cm³/mol. The molecule has 3 unspecified atom stereocenters. The second-order valence-electron chi connectivity index (χ2n) is 5.19. The maximum absolute atomic E-state index is 9.52. The molecule has 2 heteroatoms. The first-order valence-electron chi connectivity index (χ1n) is 5.55. The molecule has 0 aromatic rings. The van der Waals surface area contributed by atoms with E-state index in [0.29, 0.717) is 12.6 Å². The van der Waals surface area contributed by atoms with E-state index in [4.69, 9.17) is 0 Å². The summed E-state index contributed by atoms with van der Waals surface area (Å²) in [5.74, 6) is 1.63. The van der Waals surface area contributed by atoms with E-state index in [2.05, 4.69) is 19.2 Å². The fourth-order valence-electron chi connectivity index (χ4n) is 3.44. The minimum absolute atomic E-state index is 0.0804. The van der Waals surface area contributed by atoms with Crippen molar-refractivity contribution in [3.63, 3.8) is 0 Å². The first-order chi connectivity index (χ1) is 6.16. The van der Waals surface area contributed by atoms with Crippen LogP contribution in [0.5, 0.6) is 0 Å².